The number of carbonyl (C=O) groups is 1. The average Bonchev–Trinajstić information content (AvgIpc) is 3.07. The molecule has 6 N–H and O–H groups in total. The maximum Gasteiger partial charge on any atom is 0.271 e. The van der Waals surface area contributed by atoms with Gasteiger partial charge < -0.3 is 31.6 Å². The highest BCUT2D eigenvalue weighted by Gasteiger charge is 2.24. The molecule has 1 atom stereocenters. The van der Waals surface area contributed by atoms with E-state index >= 15 is 0 Å². The SMILES string of the molecule is CNc1nc(N2CCCC(N)C2)[nH]c1C(=O)NCC1=NCCNc2ccccc21. The van der Waals surface area contributed by atoms with Crippen LogP contribution in [0.5, 0.6) is 0 Å². The summed E-state index contributed by atoms with van der Waals surface area (Å²) in [6.45, 7) is 3.42. The van der Waals surface area contributed by atoms with Gasteiger partial charge in [0.05, 0.1) is 18.8 Å². The quantitative estimate of drug-likeness (QED) is 0.514. The predicted molar refractivity (Wildman–Crippen MR) is 116 cm³/mol. The lowest BCUT2D eigenvalue weighted by molar-refractivity contribution is 0.0956. The van der Waals surface area contributed by atoms with Crippen LogP contribution in [0.2, 0.25) is 0 Å². The molecule has 1 aromatic carbocycles. The fraction of sp³-hybridized carbons (Fsp3) is 0.450. The highest BCUT2D eigenvalue weighted by molar-refractivity contribution is 6.09. The number of aliphatic imine (C=N–C) groups is 1. The Balaban J connectivity index is 1.48. The molecule has 1 fully saturated rings. The summed E-state index contributed by atoms with van der Waals surface area (Å²) in [5, 5.41) is 9.36. The van der Waals surface area contributed by atoms with E-state index in [1.165, 1.54) is 0 Å². The molecule has 0 spiro atoms. The number of nitrogens with zero attached hydrogens (tertiary/aromatic N) is 3. The molecule has 0 radical (unpaired) electrons. The van der Waals surface area contributed by atoms with Crippen LogP contribution in [0.3, 0.4) is 0 Å². The number of benzene rings is 1. The van der Waals surface area contributed by atoms with Gasteiger partial charge in [-0.2, -0.15) is 4.98 Å². The molecule has 0 aliphatic carbocycles. The first kappa shape index (κ1) is 19.3. The van der Waals surface area contributed by atoms with Gasteiger partial charge in [0.15, 0.2) is 5.82 Å². The summed E-state index contributed by atoms with van der Waals surface area (Å²) in [4.78, 5) is 27.4. The number of nitrogens with one attached hydrogen (secondary N) is 4. The molecule has 2 aliphatic rings. The first-order valence-electron chi connectivity index (χ1n) is 10.1. The fourth-order valence-electron chi connectivity index (χ4n) is 3.82. The Morgan fingerprint density at radius 1 is 1.38 bits per heavy atom. The monoisotopic (exact) mass is 396 g/mol. The summed E-state index contributed by atoms with van der Waals surface area (Å²) >= 11 is 0. The molecule has 3 heterocycles. The second kappa shape index (κ2) is 8.52. The van der Waals surface area contributed by atoms with E-state index in [1.807, 2.05) is 24.3 Å². The average molecular weight is 396 g/mol. The Labute approximate surface area is 170 Å². The van der Waals surface area contributed by atoms with Crippen LogP contribution in [0, 0.1) is 0 Å². The number of amides is 1. The number of para-hydroxylation sites is 1. The second-order valence-corrected chi connectivity index (χ2v) is 7.37. The smallest absolute Gasteiger partial charge is 0.271 e. The third-order valence-electron chi connectivity index (χ3n) is 5.30. The minimum Gasteiger partial charge on any atom is -0.383 e. The van der Waals surface area contributed by atoms with E-state index in [0.717, 1.165) is 49.4 Å². The van der Waals surface area contributed by atoms with E-state index in [9.17, 15) is 4.79 Å². The number of carbonyl (C=O) groups excluding carboxylic acids is 1. The first-order chi connectivity index (χ1) is 14.2. The van der Waals surface area contributed by atoms with Gasteiger partial charge in [0.25, 0.3) is 5.91 Å². The molecule has 9 heteroatoms. The zero-order valence-corrected chi connectivity index (χ0v) is 16.7. The number of piperidine rings is 1. The summed E-state index contributed by atoms with van der Waals surface area (Å²) in [5.41, 5.74) is 9.43. The second-order valence-electron chi connectivity index (χ2n) is 7.37. The van der Waals surface area contributed by atoms with E-state index in [-0.39, 0.29) is 11.9 Å². The van der Waals surface area contributed by atoms with Gasteiger partial charge in [-0.1, -0.05) is 18.2 Å². The number of H-pyrrole nitrogens is 1. The summed E-state index contributed by atoms with van der Waals surface area (Å²) in [7, 11) is 1.76. The molecule has 154 valence electrons. The minimum atomic E-state index is -0.216. The van der Waals surface area contributed by atoms with Gasteiger partial charge in [-0.15, -0.1) is 0 Å². The molecule has 4 rings (SSSR count). The van der Waals surface area contributed by atoms with Gasteiger partial charge in [0.1, 0.15) is 5.69 Å². The predicted octanol–water partition coefficient (Wildman–Crippen LogP) is 1.02. The molecule has 9 nitrogen and oxygen atoms in total. The van der Waals surface area contributed by atoms with Crippen LogP contribution >= 0.6 is 0 Å². The van der Waals surface area contributed by atoms with Crippen LogP contribution in [-0.4, -0.2) is 67.4 Å². The number of rotatable bonds is 5. The molecule has 2 aromatic rings. The van der Waals surface area contributed by atoms with Crippen molar-refractivity contribution in [2.24, 2.45) is 10.7 Å². The van der Waals surface area contributed by atoms with Crippen molar-refractivity contribution in [2.75, 3.05) is 55.3 Å². The third kappa shape index (κ3) is 4.19. The van der Waals surface area contributed by atoms with E-state index in [4.69, 9.17) is 5.73 Å². The molecule has 1 aromatic heterocycles. The molecule has 1 unspecified atom stereocenters. The summed E-state index contributed by atoms with van der Waals surface area (Å²) < 4.78 is 0. The topological polar surface area (TPSA) is 123 Å². The number of aromatic nitrogens is 2. The zero-order chi connectivity index (χ0) is 20.2. The van der Waals surface area contributed by atoms with E-state index in [1.54, 1.807) is 7.05 Å². The van der Waals surface area contributed by atoms with Gasteiger partial charge in [-0.25, -0.2) is 0 Å². The number of fused-ring (bicyclic) bond motifs is 1. The van der Waals surface area contributed by atoms with Crippen LogP contribution in [0.25, 0.3) is 0 Å². The Morgan fingerprint density at radius 3 is 3.07 bits per heavy atom. The molecule has 29 heavy (non-hydrogen) atoms. The van der Waals surface area contributed by atoms with E-state index in [2.05, 4.69) is 35.8 Å². The standard InChI is InChI=1S/C20H28N8O/c1-22-18-17(26-20(27-18)28-10-4-5-13(21)12-28)19(29)25-11-16-14-6-2-3-7-15(14)23-8-9-24-16/h2-3,6-7,13,22-23H,4-5,8-12,21H2,1H3,(H,25,29)(H,26,27). The molecular weight excluding hydrogens is 368 g/mol. The molecular formula is C20H28N8O. The van der Waals surface area contributed by atoms with Crippen LogP contribution in [-0.2, 0) is 0 Å². The first-order valence-corrected chi connectivity index (χ1v) is 10.1. The van der Waals surface area contributed by atoms with E-state index < -0.39 is 0 Å². The lowest BCUT2D eigenvalue weighted by atomic mass is 10.1. The highest BCUT2D eigenvalue weighted by Crippen LogP contribution is 2.22. The van der Waals surface area contributed by atoms with Crippen molar-refractivity contribution in [3.05, 3.63) is 35.5 Å². The number of benzodiazepines with no additional fused rings is 1. The number of hydrogen-bond donors (Lipinski definition) is 5. The van der Waals surface area contributed by atoms with Crippen LogP contribution in [0.4, 0.5) is 17.5 Å². The van der Waals surface area contributed by atoms with Crippen molar-refractivity contribution in [1.29, 1.82) is 0 Å². The molecule has 0 bridgehead atoms. The largest absolute Gasteiger partial charge is 0.383 e. The zero-order valence-electron chi connectivity index (χ0n) is 16.7. The molecule has 1 amide bonds. The Hall–Kier alpha value is -3.07. The van der Waals surface area contributed by atoms with Crippen LogP contribution in [0.15, 0.2) is 29.3 Å². The number of hydrogen-bond acceptors (Lipinski definition) is 7. The lowest BCUT2D eigenvalue weighted by Crippen LogP contribution is -2.43. The summed E-state index contributed by atoms with van der Waals surface area (Å²) in [6, 6.07) is 8.15. The van der Waals surface area contributed by atoms with Crippen LogP contribution < -0.4 is 26.6 Å². The van der Waals surface area contributed by atoms with Gasteiger partial charge in [0.2, 0.25) is 5.95 Å². The van der Waals surface area contributed by atoms with E-state index in [0.29, 0.717) is 30.5 Å². The summed E-state index contributed by atoms with van der Waals surface area (Å²) in [6.07, 6.45) is 2.04. The highest BCUT2D eigenvalue weighted by atomic mass is 16.1. The number of imidazole rings is 1. The van der Waals surface area contributed by atoms with Gasteiger partial charge in [-0.05, 0) is 18.9 Å². The Kier molecular flexibility index (Phi) is 5.66. The summed E-state index contributed by atoms with van der Waals surface area (Å²) in [5.74, 6) is 0.990. The van der Waals surface area contributed by atoms with Gasteiger partial charge in [0, 0.05) is 44.0 Å². The lowest BCUT2D eigenvalue weighted by Gasteiger charge is -2.30. The van der Waals surface area contributed by atoms with Gasteiger partial charge in [-0.3, -0.25) is 9.79 Å². The third-order valence-corrected chi connectivity index (χ3v) is 5.30. The van der Waals surface area contributed by atoms with Crippen molar-refractivity contribution >= 4 is 29.1 Å². The number of anilines is 3. The van der Waals surface area contributed by atoms with Crippen LogP contribution in [0.1, 0.15) is 28.9 Å². The Bertz CT molecular complexity index is 906. The normalized spacial score (nSPS) is 18.9. The maximum absolute atomic E-state index is 12.9. The molecule has 2 aliphatic heterocycles. The van der Waals surface area contributed by atoms with Crippen molar-refractivity contribution < 1.29 is 4.79 Å². The van der Waals surface area contributed by atoms with Crippen molar-refractivity contribution in [3.63, 3.8) is 0 Å². The van der Waals surface area contributed by atoms with Crippen molar-refractivity contribution in [2.45, 2.75) is 18.9 Å². The molecule has 1 saturated heterocycles. The minimum absolute atomic E-state index is 0.131. The van der Waals surface area contributed by atoms with Crippen molar-refractivity contribution in [1.82, 2.24) is 15.3 Å². The maximum atomic E-state index is 12.9. The Morgan fingerprint density at radius 2 is 2.24 bits per heavy atom. The number of aromatic amines is 1. The van der Waals surface area contributed by atoms with Gasteiger partial charge >= 0.3 is 0 Å². The fourth-order valence-corrected chi connectivity index (χ4v) is 3.82. The van der Waals surface area contributed by atoms with Crippen molar-refractivity contribution in [3.8, 4) is 0 Å². The molecule has 0 saturated carbocycles. The number of nitrogens with two attached hydrogens (primary N) is 1.